The molecule has 0 bridgehead atoms. The molecule has 2 aromatic heterocycles. The number of nitrogens with zero attached hydrogens (tertiary/aromatic N) is 3. The fraction of sp³-hybridized carbons (Fsp3) is 0.214. The van der Waals surface area contributed by atoms with E-state index in [1.165, 1.54) is 12.1 Å². The van der Waals surface area contributed by atoms with Crippen molar-refractivity contribution in [3.63, 3.8) is 0 Å². The first-order valence-electron chi connectivity index (χ1n) is 6.28. The highest BCUT2D eigenvalue weighted by molar-refractivity contribution is 9.08. The van der Waals surface area contributed by atoms with Gasteiger partial charge in [-0.2, -0.15) is 0 Å². The molecule has 0 aliphatic rings. The predicted molar refractivity (Wildman–Crippen MR) is 84.8 cm³/mol. The van der Waals surface area contributed by atoms with Crippen molar-refractivity contribution >= 4 is 43.7 Å². The Morgan fingerprint density at radius 1 is 1.35 bits per heavy atom. The molecule has 0 radical (unpaired) electrons. The summed E-state index contributed by atoms with van der Waals surface area (Å²) < 4.78 is 15.2. The third-order valence-electron chi connectivity index (χ3n) is 3.18. The number of hydrogen-bond donors (Lipinski definition) is 0. The van der Waals surface area contributed by atoms with Crippen LogP contribution >= 0.6 is 27.3 Å². The Labute approximate surface area is 128 Å². The SMILES string of the molecule is CCN(c1ccc(F)cc1)c1nc2sccn2c1CBr. The van der Waals surface area contributed by atoms with E-state index in [0.717, 1.165) is 34.0 Å². The molecular formula is C14H13BrFN3S. The van der Waals surface area contributed by atoms with Crippen molar-refractivity contribution in [3.05, 3.63) is 47.4 Å². The van der Waals surface area contributed by atoms with E-state index in [0.29, 0.717) is 0 Å². The molecule has 3 nitrogen and oxygen atoms in total. The first-order valence-corrected chi connectivity index (χ1v) is 8.28. The molecule has 0 fully saturated rings. The first-order chi connectivity index (χ1) is 9.74. The minimum absolute atomic E-state index is 0.226. The van der Waals surface area contributed by atoms with Crippen LogP contribution < -0.4 is 4.90 Å². The van der Waals surface area contributed by atoms with Crippen molar-refractivity contribution in [2.45, 2.75) is 12.3 Å². The maximum atomic E-state index is 13.1. The Morgan fingerprint density at radius 2 is 2.10 bits per heavy atom. The van der Waals surface area contributed by atoms with Gasteiger partial charge in [-0.25, -0.2) is 9.37 Å². The van der Waals surface area contributed by atoms with Crippen LogP contribution in [0.15, 0.2) is 35.8 Å². The molecule has 0 atom stereocenters. The van der Waals surface area contributed by atoms with Crippen LogP contribution in [0.4, 0.5) is 15.9 Å². The first kappa shape index (κ1) is 13.6. The number of alkyl halides is 1. The third kappa shape index (κ3) is 2.23. The van der Waals surface area contributed by atoms with Crippen LogP contribution in [0.5, 0.6) is 0 Å². The number of rotatable bonds is 4. The normalized spacial score (nSPS) is 11.2. The Kier molecular flexibility index (Phi) is 3.76. The average molecular weight is 354 g/mol. The topological polar surface area (TPSA) is 20.5 Å². The molecule has 1 aromatic carbocycles. The lowest BCUT2D eigenvalue weighted by molar-refractivity contribution is 0.628. The maximum Gasteiger partial charge on any atom is 0.195 e. The van der Waals surface area contributed by atoms with E-state index in [1.807, 2.05) is 11.6 Å². The molecule has 104 valence electrons. The number of imidazole rings is 1. The van der Waals surface area contributed by atoms with Gasteiger partial charge in [0.1, 0.15) is 5.82 Å². The van der Waals surface area contributed by atoms with Gasteiger partial charge in [-0.15, -0.1) is 11.3 Å². The summed E-state index contributed by atoms with van der Waals surface area (Å²) in [6.07, 6.45) is 2.02. The second kappa shape index (κ2) is 5.54. The molecule has 0 saturated heterocycles. The molecule has 0 aliphatic carbocycles. The van der Waals surface area contributed by atoms with Crippen LogP contribution in [-0.4, -0.2) is 15.9 Å². The monoisotopic (exact) mass is 353 g/mol. The van der Waals surface area contributed by atoms with Gasteiger partial charge in [0, 0.05) is 29.1 Å². The smallest absolute Gasteiger partial charge is 0.195 e. The number of aromatic nitrogens is 2. The fourth-order valence-corrected chi connectivity index (χ4v) is 3.49. The van der Waals surface area contributed by atoms with Crippen LogP contribution in [0.25, 0.3) is 4.96 Å². The lowest BCUT2D eigenvalue weighted by Gasteiger charge is -2.21. The van der Waals surface area contributed by atoms with Gasteiger partial charge in [-0.3, -0.25) is 4.40 Å². The summed E-state index contributed by atoms with van der Waals surface area (Å²) in [5.74, 6) is 0.694. The average Bonchev–Trinajstić information content (AvgIpc) is 3.02. The van der Waals surface area contributed by atoms with E-state index in [2.05, 4.69) is 32.2 Å². The van der Waals surface area contributed by atoms with Crippen LogP contribution in [-0.2, 0) is 5.33 Å². The molecular weight excluding hydrogens is 341 g/mol. The van der Waals surface area contributed by atoms with E-state index in [4.69, 9.17) is 4.98 Å². The Hall–Kier alpha value is -1.40. The summed E-state index contributed by atoms with van der Waals surface area (Å²) in [7, 11) is 0. The number of hydrogen-bond acceptors (Lipinski definition) is 3. The van der Waals surface area contributed by atoms with Gasteiger partial charge in [0.25, 0.3) is 0 Å². The molecule has 2 heterocycles. The number of anilines is 2. The van der Waals surface area contributed by atoms with Crippen molar-refractivity contribution < 1.29 is 4.39 Å². The fourth-order valence-electron chi connectivity index (χ4n) is 2.24. The van der Waals surface area contributed by atoms with E-state index >= 15 is 0 Å². The van der Waals surface area contributed by atoms with Gasteiger partial charge in [0.05, 0.1) is 5.69 Å². The molecule has 0 amide bonds. The predicted octanol–water partition coefficient (Wildman–Crippen LogP) is 4.59. The molecule has 3 aromatic rings. The van der Waals surface area contributed by atoms with E-state index in [1.54, 1.807) is 23.5 Å². The summed E-state index contributed by atoms with van der Waals surface area (Å²) in [5.41, 5.74) is 2.05. The largest absolute Gasteiger partial charge is 0.325 e. The lowest BCUT2D eigenvalue weighted by Crippen LogP contribution is -2.18. The zero-order valence-electron chi connectivity index (χ0n) is 10.9. The Morgan fingerprint density at radius 3 is 2.75 bits per heavy atom. The highest BCUT2D eigenvalue weighted by atomic mass is 79.9. The molecule has 0 spiro atoms. The van der Waals surface area contributed by atoms with Gasteiger partial charge in [-0.05, 0) is 31.2 Å². The van der Waals surface area contributed by atoms with Crippen molar-refractivity contribution in [2.24, 2.45) is 0 Å². The third-order valence-corrected chi connectivity index (χ3v) is 4.46. The molecule has 0 unspecified atom stereocenters. The number of thiazole rings is 1. The van der Waals surface area contributed by atoms with Gasteiger partial charge >= 0.3 is 0 Å². The highest BCUT2D eigenvalue weighted by Crippen LogP contribution is 2.31. The van der Waals surface area contributed by atoms with Gasteiger partial charge in [0.2, 0.25) is 0 Å². The van der Waals surface area contributed by atoms with Crippen LogP contribution in [0.3, 0.4) is 0 Å². The molecule has 20 heavy (non-hydrogen) atoms. The minimum Gasteiger partial charge on any atom is -0.325 e. The van der Waals surface area contributed by atoms with E-state index in [-0.39, 0.29) is 5.82 Å². The molecule has 6 heteroatoms. The maximum absolute atomic E-state index is 13.1. The van der Waals surface area contributed by atoms with E-state index < -0.39 is 0 Å². The second-order valence-electron chi connectivity index (χ2n) is 4.29. The summed E-state index contributed by atoms with van der Waals surface area (Å²) in [4.78, 5) is 7.76. The Balaban J connectivity index is 2.10. The molecule has 0 aliphatic heterocycles. The van der Waals surface area contributed by atoms with Crippen molar-refractivity contribution in [2.75, 3.05) is 11.4 Å². The zero-order chi connectivity index (χ0) is 14.1. The van der Waals surface area contributed by atoms with Crippen LogP contribution in [0.2, 0.25) is 0 Å². The van der Waals surface area contributed by atoms with Gasteiger partial charge < -0.3 is 4.90 Å². The Bertz CT molecular complexity index is 720. The van der Waals surface area contributed by atoms with E-state index in [9.17, 15) is 4.39 Å². The van der Waals surface area contributed by atoms with Gasteiger partial charge in [0.15, 0.2) is 10.8 Å². The second-order valence-corrected chi connectivity index (χ2v) is 5.73. The van der Waals surface area contributed by atoms with Crippen LogP contribution in [0, 0.1) is 5.82 Å². The zero-order valence-corrected chi connectivity index (χ0v) is 13.3. The summed E-state index contributed by atoms with van der Waals surface area (Å²) >= 11 is 5.14. The summed E-state index contributed by atoms with van der Waals surface area (Å²) in [6, 6.07) is 6.52. The summed E-state index contributed by atoms with van der Waals surface area (Å²) in [6.45, 7) is 2.84. The lowest BCUT2D eigenvalue weighted by atomic mass is 10.2. The van der Waals surface area contributed by atoms with Crippen molar-refractivity contribution in [3.8, 4) is 0 Å². The quantitative estimate of drug-likeness (QED) is 0.639. The minimum atomic E-state index is -0.226. The number of halogens is 2. The standard InChI is InChI=1S/C14H13BrFN3S/c1-2-18(11-5-3-10(16)4-6-11)13-12(9-15)19-7-8-20-14(19)17-13/h3-8H,2,9H2,1H3. The van der Waals surface area contributed by atoms with Gasteiger partial charge in [-0.1, -0.05) is 15.9 Å². The number of fused-ring (bicyclic) bond motifs is 1. The highest BCUT2D eigenvalue weighted by Gasteiger charge is 2.18. The number of benzene rings is 1. The van der Waals surface area contributed by atoms with Crippen molar-refractivity contribution in [1.82, 2.24) is 9.38 Å². The molecule has 0 N–H and O–H groups in total. The molecule has 0 saturated carbocycles. The molecule has 3 rings (SSSR count). The van der Waals surface area contributed by atoms with Crippen molar-refractivity contribution in [1.29, 1.82) is 0 Å². The summed E-state index contributed by atoms with van der Waals surface area (Å²) in [5, 5.41) is 2.74. The van der Waals surface area contributed by atoms with Crippen LogP contribution in [0.1, 0.15) is 12.6 Å².